The quantitative estimate of drug-likeness (QED) is 0.600. The molecule has 1 unspecified atom stereocenters. The van der Waals surface area contributed by atoms with Gasteiger partial charge in [-0.2, -0.15) is 0 Å². The van der Waals surface area contributed by atoms with Crippen molar-refractivity contribution in [2.24, 2.45) is 5.92 Å². The second kappa shape index (κ2) is 5.69. The summed E-state index contributed by atoms with van der Waals surface area (Å²) in [6.07, 6.45) is 7.79. The van der Waals surface area contributed by atoms with Crippen molar-refractivity contribution in [1.82, 2.24) is 34.5 Å². The number of H-pyrrole nitrogens is 1. The van der Waals surface area contributed by atoms with Crippen LogP contribution >= 0.6 is 0 Å². The number of imidazole rings is 2. The number of rotatable bonds is 4. The lowest BCUT2D eigenvalue weighted by Crippen LogP contribution is -2.23. The van der Waals surface area contributed by atoms with Gasteiger partial charge in [-0.3, -0.25) is 0 Å². The molecule has 1 aliphatic heterocycles. The Morgan fingerprint density at radius 1 is 1.20 bits per heavy atom. The largest absolute Gasteiger partial charge is 0.476 e. The molecule has 1 N–H and O–H groups in total. The summed E-state index contributed by atoms with van der Waals surface area (Å²) in [6, 6.07) is 3.76. The molecule has 1 fully saturated rings. The Morgan fingerprint density at radius 3 is 3.20 bits per heavy atom. The zero-order chi connectivity index (χ0) is 16.6. The summed E-state index contributed by atoms with van der Waals surface area (Å²) in [4.78, 5) is 22.3. The van der Waals surface area contributed by atoms with Crippen LogP contribution in [0.4, 0.5) is 5.82 Å². The molecule has 25 heavy (non-hydrogen) atoms. The lowest BCUT2D eigenvalue weighted by molar-refractivity contribution is 0.249. The number of fused-ring (bicyclic) bond motifs is 2. The van der Waals surface area contributed by atoms with Crippen molar-refractivity contribution in [2.45, 2.75) is 6.42 Å². The van der Waals surface area contributed by atoms with Crippen molar-refractivity contribution in [1.29, 1.82) is 0 Å². The Balaban J connectivity index is 1.27. The highest BCUT2D eigenvalue weighted by Crippen LogP contribution is 2.26. The summed E-state index contributed by atoms with van der Waals surface area (Å²) in [6.45, 7) is 2.45. The van der Waals surface area contributed by atoms with E-state index in [1.54, 1.807) is 23.4 Å². The van der Waals surface area contributed by atoms with E-state index in [0.717, 1.165) is 36.5 Å². The molecule has 126 valence electrons. The van der Waals surface area contributed by atoms with Gasteiger partial charge < -0.3 is 14.6 Å². The number of aromatic nitrogens is 7. The molecule has 9 heteroatoms. The van der Waals surface area contributed by atoms with Gasteiger partial charge in [-0.25, -0.2) is 24.5 Å². The molecular weight excluding hydrogens is 320 g/mol. The van der Waals surface area contributed by atoms with Gasteiger partial charge in [0, 0.05) is 37.5 Å². The zero-order valence-corrected chi connectivity index (χ0v) is 13.4. The number of nitrogens with one attached hydrogen (secondary N) is 1. The highest BCUT2D eigenvalue weighted by molar-refractivity contribution is 5.82. The Morgan fingerprint density at radius 2 is 2.20 bits per heavy atom. The van der Waals surface area contributed by atoms with Crippen LogP contribution in [0.1, 0.15) is 6.42 Å². The Bertz CT molecular complexity index is 1030. The van der Waals surface area contributed by atoms with E-state index in [0.29, 0.717) is 24.1 Å². The molecule has 1 saturated heterocycles. The summed E-state index contributed by atoms with van der Waals surface area (Å²) in [5.74, 6) is 1.94. The maximum atomic E-state index is 5.88. The summed E-state index contributed by atoms with van der Waals surface area (Å²) in [7, 11) is 0. The van der Waals surface area contributed by atoms with Gasteiger partial charge in [0.25, 0.3) is 0 Å². The molecule has 0 bridgehead atoms. The molecule has 9 nitrogen and oxygen atoms in total. The van der Waals surface area contributed by atoms with Crippen LogP contribution in [0.2, 0.25) is 0 Å². The van der Waals surface area contributed by atoms with E-state index < -0.39 is 0 Å². The number of ether oxygens (including phenoxy) is 1. The molecule has 1 atom stereocenters. The van der Waals surface area contributed by atoms with Gasteiger partial charge in [0.2, 0.25) is 5.88 Å². The smallest absolute Gasteiger partial charge is 0.231 e. The van der Waals surface area contributed by atoms with E-state index in [9.17, 15) is 0 Å². The van der Waals surface area contributed by atoms with Crippen molar-refractivity contribution in [3.8, 4) is 5.88 Å². The first-order valence-electron chi connectivity index (χ1n) is 8.19. The fourth-order valence-electron chi connectivity index (χ4n) is 3.23. The highest BCUT2D eigenvalue weighted by atomic mass is 16.5. The van der Waals surface area contributed by atoms with Gasteiger partial charge in [-0.15, -0.1) is 5.10 Å². The van der Waals surface area contributed by atoms with Crippen LogP contribution in [0.25, 0.3) is 16.8 Å². The van der Waals surface area contributed by atoms with Crippen molar-refractivity contribution in [3.63, 3.8) is 0 Å². The van der Waals surface area contributed by atoms with Crippen LogP contribution in [0.5, 0.6) is 5.88 Å². The number of anilines is 1. The maximum Gasteiger partial charge on any atom is 0.231 e. The molecule has 1 aliphatic rings. The van der Waals surface area contributed by atoms with E-state index in [2.05, 4.69) is 34.9 Å². The number of hydrogen-bond donors (Lipinski definition) is 1. The van der Waals surface area contributed by atoms with Gasteiger partial charge in [0.05, 0.1) is 12.9 Å². The average Bonchev–Trinajstić information content (AvgIpc) is 3.38. The summed E-state index contributed by atoms with van der Waals surface area (Å²) < 4.78 is 7.60. The van der Waals surface area contributed by atoms with E-state index >= 15 is 0 Å². The third-order valence-corrected chi connectivity index (χ3v) is 4.49. The minimum atomic E-state index is 0.424. The van der Waals surface area contributed by atoms with Gasteiger partial charge >= 0.3 is 0 Å². The second-order valence-corrected chi connectivity index (χ2v) is 6.11. The van der Waals surface area contributed by atoms with Gasteiger partial charge in [-0.1, -0.05) is 0 Å². The summed E-state index contributed by atoms with van der Waals surface area (Å²) in [5.41, 5.74) is 2.39. The molecule has 5 rings (SSSR count). The van der Waals surface area contributed by atoms with Crippen molar-refractivity contribution < 1.29 is 4.74 Å². The molecule has 0 saturated carbocycles. The molecule has 4 aromatic rings. The van der Waals surface area contributed by atoms with Crippen LogP contribution in [-0.2, 0) is 0 Å². The van der Waals surface area contributed by atoms with Gasteiger partial charge in [0.15, 0.2) is 17.1 Å². The minimum Gasteiger partial charge on any atom is -0.476 e. The van der Waals surface area contributed by atoms with Crippen LogP contribution in [0.3, 0.4) is 0 Å². The maximum absolute atomic E-state index is 5.88. The van der Waals surface area contributed by atoms with Crippen LogP contribution in [-0.4, -0.2) is 54.2 Å². The van der Waals surface area contributed by atoms with E-state index in [-0.39, 0.29) is 0 Å². The SMILES string of the molecule is c1nc(N2CCC(COc3ccc4nccn4n3)C2)c2[nH]cnc2n1. The van der Waals surface area contributed by atoms with Crippen LogP contribution in [0, 0.1) is 5.92 Å². The number of nitrogens with zero attached hydrogens (tertiary/aromatic N) is 7. The molecule has 4 aromatic heterocycles. The molecule has 0 aromatic carbocycles. The van der Waals surface area contributed by atoms with Crippen LogP contribution < -0.4 is 9.64 Å². The molecule has 0 radical (unpaired) electrons. The zero-order valence-electron chi connectivity index (χ0n) is 13.4. The minimum absolute atomic E-state index is 0.424. The van der Waals surface area contributed by atoms with Crippen molar-refractivity contribution >= 4 is 22.6 Å². The fourth-order valence-corrected chi connectivity index (χ4v) is 3.23. The number of hydrogen-bond acceptors (Lipinski definition) is 7. The first-order chi connectivity index (χ1) is 12.4. The number of aromatic amines is 1. The molecule has 0 aliphatic carbocycles. The summed E-state index contributed by atoms with van der Waals surface area (Å²) >= 11 is 0. The van der Waals surface area contributed by atoms with E-state index in [4.69, 9.17) is 4.74 Å². The van der Waals surface area contributed by atoms with E-state index in [1.807, 2.05) is 18.3 Å². The lowest BCUT2D eigenvalue weighted by atomic mass is 10.1. The Kier molecular flexibility index (Phi) is 3.22. The molecule has 0 amide bonds. The van der Waals surface area contributed by atoms with Gasteiger partial charge in [-0.05, 0) is 12.5 Å². The van der Waals surface area contributed by atoms with Gasteiger partial charge in [0.1, 0.15) is 11.8 Å². The predicted octanol–water partition coefficient (Wildman–Crippen LogP) is 1.30. The normalized spacial score (nSPS) is 17.6. The Hall–Kier alpha value is -3.23. The average molecular weight is 336 g/mol. The van der Waals surface area contributed by atoms with Crippen molar-refractivity contribution in [3.05, 3.63) is 37.2 Å². The Labute approximate surface area is 142 Å². The first-order valence-corrected chi connectivity index (χ1v) is 8.19. The monoisotopic (exact) mass is 336 g/mol. The second-order valence-electron chi connectivity index (χ2n) is 6.11. The lowest BCUT2D eigenvalue weighted by Gasteiger charge is -2.17. The van der Waals surface area contributed by atoms with Crippen molar-refractivity contribution in [2.75, 3.05) is 24.6 Å². The topological polar surface area (TPSA) is 97.1 Å². The molecule has 0 spiro atoms. The molecular formula is C16H16N8O. The fraction of sp³-hybridized carbons (Fsp3) is 0.312. The third kappa shape index (κ3) is 2.53. The van der Waals surface area contributed by atoms with Crippen LogP contribution in [0.15, 0.2) is 37.2 Å². The standard InChI is InChI=1S/C16H16N8O/c1-2-13(22-24-6-4-17-12(1)24)25-8-11-3-5-23(7-11)16-14-15(19-9-18-14)20-10-21-16/h1-2,4,6,9-11H,3,5,7-8H2,(H,18,19,20,21). The summed E-state index contributed by atoms with van der Waals surface area (Å²) in [5, 5.41) is 4.39. The predicted molar refractivity (Wildman–Crippen MR) is 90.5 cm³/mol. The van der Waals surface area contributed by atoms with E-state index in [1.165, 1.54) is 0 Å². The third-order valence-electron chi connectivity index (χ3n) is 4.49. The highest BCUT2D eigenvalue weighted by Gasteiger charge is 2.26. The first kappa shape index (κ1) is 14.1. The molecule has 5 heterocycles.